The van der Waals surface area contributed by atoms with Crippen molar-refractivity contribution in [3.63, 3.8) is 0 Å². The minimum atomic E-state index is -2.64. The summed E-state index contributed by atoms with van der Waals surface area (Å²) in [6.07, 6.45) is 0.518. The number of hydrogen-bond donors (Lipinski definition) is 1. The van der Waals surface area contributed by atoms with Crippen LogP contribution in [0.3, 0.4) is 0 Å². The molecule has 28 heavy (non-hydrogen) atoms. The predicted molar refractivity (Wildman–Crippen MR) is 106 cm³/mol. The molecule has 152 valence electrons. The Bertz CT molecular complexity index is 811. The Morgan fingerprint density at radius 3 is 2.32 bits per heavy atom. The van der Waals surface area contributed by atoms with E-state index in [-0.39, 0.29) is 27.9 Å². The number of methoxy groups -OCH3 is 3. The SMILES string of the molecule is COc1cc(CCC(=O)Nc2cccc(Cl)c2SC(F)F)cc(OC)c1OC. The molecule has 5 nitrogen and oxygen atoms in total. The maximum atomic E-state index is 12.7. The Labute approximate surface area is 171 Å². The van der Waals surface area contributed by atoms with Gasteiger partial charge in [-0.05, 0) is 36.2 Å². The van der Waals surface area contributed by atoms with Crippen molar-refractivity contribution >= 4 is 35.0 Å². The van der Waals surface area contributed by atoms with E-state index in [1.165, 1.54) is 33.5 Å². The first kappa shape index (κ1) is 22.1. The number of alkyl halides is 2. The van der Waals surface area contributed by atoms with Crippen molar-refractivity contribution in [1.29, 1.82) is 0 Å². The van der Waals surface area contributed by atoms with E-state index in [0.717, 1.165) is 5.56 Å². The number of thioether (sulfide) groups is 1. The van der Waals surface area contributed by atoms with Gasteiger partial charge in [0.2, 0.25) is 11.7 Å². The molecule has 0 saturated heterocycles. The molecule has 0 saturated carbocycles. The summed E-state index contributed by atoms with van der Waals surface area (Å²) in [7, 11) is 4.53. The van der Waals surface area contributed by atoms with Crippen molar-refractivity contribution in [3.05, 3.63) is 40.9 Å². The van der Waals surface area contributed by atoms with Crippen molar-refractivity contribution < 1.29 is 27.8 Å². The second-order valence-corrected chi connectivity index (χ2v) is 6.98. The smallest absolute Gasteiger partial charge is 0.289 e. The van der Waals surface area contributed by atoms with E-state index in [9.17, 15) is 13.6 Å². The Balaban J connectivity index is 2.10. The highest BCUT2D eigenvalue weighted by molar-refractivity contribution is 7.99. The van der Waals surface area contributed by atoms with Crippen molar-refractivity contribution in [2.45, 2.75) is 23.5 Å². The monoisotopic (exact) mass is 431 g/mol. The maximum absolute atomic E-state index is 12.7. The van der Waals surface area contributed by atoms with Crippen LogP contribution in [0.5, 0.6) is 17.2 Å². The van der Waals surface area contributed by atoms with Crippen molar-refractivity contribution in [1.82, 2.24) is 0 Å². The molecule has 2 aromatic rings. The number of hydrogen-bond acceptors (Lipinski definition) is 5. The highest BCUT2D eigenvalue weighted by Gasteiger charge is 2.17. The largest absolute Gasteiger partial charge is 0.493 e. The van der Waals surface area contributed by atoms with Crippen LogP contribution in [0.4, 0.5) is 14.5 Å². The van der Waals surface area contributed by atoms with Crippen LogP contribution in [0.1, 0.15) is 12.0 Å². The van der Waals surface area contributed by atoms with Gasteiger partial charge in [0.1, 0.15) is 0 Å². The third kappa shape index (κ3) is 5.65. The molecule has 2 aromatic carbocycles. The lowest BCUT2D eigenvalue weighted by Gasteiger charge is -2.14. The van der Waals surface area contributed by atoms with Gasteiger partial charge in [0.05, 0.1) is 36.9 Å². The standard InChI is InChI=1S/C19H20ClF2NO4S/c1-25-14-9-11(10-15(26-2)17(14)27-3)7-8-16(24)23-13-6-4-5-12(20)18(13)28-19(21)22/h4-6,9-10,19H,7-8H2,1-3H3,(H,23,24). The zero-order valence-corrected chi connectivity index (χ0v) is 17.1. The van der Waals surface area contributed by atoms with Crippen LogP contribution in [0.2, 0.25) is 5.02 Å². The van der Waals surface area contributed by atoms with E-state index in [4.69, 9.17) is 25.8 Å². The van der Waals surface area contributed by atoms with Crippen LogP contribution >= 0.6 is 23.4 Å². The molecule has 0 unspecified atom stereocenters. The fourth-order valence-corrected chi connectivity index (χ4v) is 3.48. The molecule has 0 spiro atoms. The molecule has 0 aromatic heterocycles. The second-order valence-electron chi connectivity index (χ2n) is 5.58. The molecule has 0 aliphatic heterocycles. The molecule has 0 radical (unpaired) electrons. The van der Waals surface area contributed by atoms with Crippen molar-refractivity contribution in [2.24, 2.45) is 0 Å². The Morgan fingerprint density at radius 2 is 1.79 bits per heavy atom. The summed E-state index contributed by atoms with van der Waals surface area (Å²) in [5.74, 6) is -1.53. The molecule has 0 heterocycles. The van der Waals surface area contributed by atoms with Crippen LogP contribution in [-0.2, 0) is 11.2 Å². The lowest BCUT2D eigenvalue weighted by Crippen LogP contribution is -2.13. The number of carbonyl (C=O) groups is 1. The number of anilines is 1. The first-order chi connectivity index (χ1) is 13.4. The van der Waals surface area contributed by atoms with Gasteiger partial charge >= 0.3 is 0 Å². The molecule has 0 aliphatic rings. The Morgan fingerprint density at radius 1 is 1.14 bits per heavy atom. The number of benzene rings is 2. The number of nitrogens with one attached hydrogen (secondary N) is 1. The van der Waals surface area contributed by atoms with Crippen LogP contribution in [0, 0.1) is 0 Å². The minimum Gasteiger partial charge on any atom is -0.493 e. The molecular weight excluding hydrogens is 412 g/mol. The van der Waals surface area contributed by atoms with Crippen LogP contribution in [-0.4, -0.2) is 33.0 Å². The minimum absolute atomic E-state index is 0.129. The van der Waals surface area contributed by atoms with E-state index in [2.05, 4.69) is 5.32 Å². The number of ether oxygens (including phenoxy) is 3. The molecule has 9 heteroatoms. The topological polar surface area (TPSA) is 56.8 Å². The van der Waals surface area contributed by atoms with Gasteiger partial charge < -0.3 is 19.5 Å². The highest BCUT2D eigenvalue weighted by Crippen LogP contribution is 2.39. The van der Waals surface area contributed by atoms with Gasteiger partial charge in [-0.2, -0.15) is 8.78 Å². The molecular formula is C19H20ClF2NO4S. The number of rotatable bonds is 9. The second kappa shape index (κ2) is 10.4. The van der Waals surface area contributed by atoms with Gasteiger partial charge in [0.15, 0.2) is 11.5 Å². The van der Waals surface area contributed by atoms with Crippen LogP contribution in [0.25, 0.3) is 0 Å². The van der Waals surface area contributed by atoms with Crippen molar-refractivity contribution in [3.8, 4) is 17.2 Å². The third-order valence-corrected chi connectivity index (χ3v) is 5.09. The molecule has 0 atom stereocenters. The van der Waals surface area contributed by atoms with E-state index < -0.39 is 5.76 Å². The molecule has 0 bridgehead atoms. The highest BCUT2D eigenvalue weighted by atomic mass is 35.5. The fraction of sp³-hybridized carbons (Fsp3) is 0.316. The fourth-order valence-electron chi connectivity index (χ4n) is 2.57. The molecule has 2 rings (SSSR count). The number of aryl methyl sites for hydroxylation is 1. The van der Waals surface area contributed by atoms with E-state index in [1.807, 2.05) is 0 Å². The quantitative estimate of drug-likeness (QED) is 0.549. The molecule has 0 fully saturated rings. The summed E-state index contributed by atoms with van der Waals surface area (Å²) in [6, 6.07) is 8.14. The van der Waals surface area contributed by atoms with Gasteiger partial charge in [0.25, 0.3) is 5.76 Å². The predicted octanol–water partition coefficient (Wildman–Crippen LogP) is 5.25. The third-order valence-electron chi connectivity index (χ3n) is 3.81. The molecule has 0 aliphatic carbocycles. The maximum Gasteiger partial charge on any atom is 0.289 e. The van der Waals surface area contributed by atoms with E-state index >= 15 is 0 Å². The average molecular weight is 432 g/mol. The zero-order chi connectivity index (χ0) is 20.7. The Hall–Kier alpha value is -2.19. The zero-order valence-electron chi connectivity index (χ0n) is 15.6. The summed E-state index contributed by atoms with van der Waals surface area (Å²) >= 11 is 6.28. The van der Waals surface area contributed by atoms with Gasteiger partial charge in [-0.3, -0.25) is 4.79 Å². The summed E-state index contributed by atoms with van der Waals surface area (Å²) in [4.78, 5) is 12.5. The summed E-state index contributed by atoms with van der Waals surface area (Å²) in [6.45, 7) is 0. The normalized spacial score (nSPS) is 10.7. The number of amides is 1. The Kier molecular flexibility index (Phi) is 8.19. The van der Waals surface area contributed by atoms with E-state index in [0.29, 0.717) is 35.4 Å². The summed E-state index contributed by atoms with van der Waals surface area (Å²) < 4.78 is 41.4. The number of carbonyl (C=O) groups excluding carboxylic acids is 1. The van der Waals surface area contributed by atoms with Crippen LogP contribution in [0.15, 0.2) is 35.2 Å². The summed E-state index contributed by atoms with van der Waals surface area (Å²) in [5, 5.41) is 2.80. The average Bonchev–Trinajstić information content (AvgIpc) is 2.67. The molecule has 1 N–H and O–H groups in total. The lowest BCUT2D eigenvalue weighted by atomic mass is 10.1. The van der Waals surface area contributed by atoms with Crippen molar-refractivity contribution in [2.75, 3.05) is 26.6 Å². The van der Waals surface area contributed by atoms with Gasteiger partial charge in [-0.1, -0.05) is 29.4 Å². The summed E-state index contributed by atoms with van der Waals surface area (Å²) in [5.41, 5.74) is 1.06. The van der Waals surface area contributed by atoms with E-state index in [1.54, 1.807) is 18.2 Å². The van der Waals surface area contributed by atoms with Gasteiger partial charge in [-0.15, -0.1) is 0 Å². The van der Waals surface area contributed by atoms with Gasteiger partial charge in [0, 0.05) is 6.42 Å². The number of halogens is 3. The first-order valence-electron chi connectivity index (χ1n) is 8.21. The lowest BCUT2D eigenvalue weighted by molar-refractivity contribution is -0.116. The molecule has 1 amide bonds. The first-order valence-corrected chi connectivity index (χ1v) is 9.47. The van der Waals surface area contributed by atoms with Crippen LogP contribution < -0.4 is 19.5 Å². The van der Waals surface area contributed by atoms with Gasteiger partial charge in [-0.25, -0.2) is 0 Å².